The van der Waals surface area contributed by atoms with Crippen molar-refractivity contribution in [2.24, 2.45) is 39.2 Å². The molecule has 6 aliphatic rings. The Kier molecular flexibility index (Phi) is 14.0. The summed E-state index contributed by atoms with van der Waals surface area (Å²) in [6.45, 7) is 16.5. The average Bonchev–Trinajstić information content (AvgIpc) is 3.95. The summed E-state index contributed by atoms with van der Waals surface area (Å²) in [6, 6.07) is 9.72. The molecule has 14 nitrogen and oxygen atoms in total. The molecule has 340 valence electrons. The number of amides is 1. The molecule has 2 unspecified atom stereocenters. The van der Waals surface area contributed by atoms with Crippen LogP contribution in [-0.4, -0.2) is 115 Å². The molecule has 0 spiro atoms. The molecule has 6 atom stereocenters. The standard InChI is InChI=1S/C22H33N3O4S.C12H15ClN2O4S.C10H19N/c1-21(2)16-7-8-22(3,14-16)20(21)24-19(26)15-5-6-17(23-4)18(13-15)30(27,28)25-9-11-29-12-10-25;1-14-10-3-2-9(12(13)16)8-11(10)20(17,18)15-4-6-19-7-5-15;1-9(2)7-4-5-10(3,6-7)8(9)11/h5-6,13,16,20,23H,7-12,14H2,1-4H3,(H,24,26);2-3,8,14H,4-7H2,1H3;7-8H,4-6,11H2,1-3H3/t16-,20?,22+;;7-,8?,10+/m1.1/s1. The molecule has 4 aliphatic carbocycles. The van der Waals surface area contributed by atoms with Gasteiger partial charge in [-0.15, -0.1) is 0 Å². The first-order valence-electron chi connectivity index (χ1n) is 21.6. The Balaban J connectivity index is 0.000000171. The lowest BCUT2D eigenvalue weighted by Gasteiger charge is -2.43. The highest BCUT2D eigenvalue weighted by atomic mass is 35.5. The quantitative estimate of drug-likeness (QED) is 0.217. The van der Waals surface area contributed by atoms with Gasteiger partial charge in [0.2, 0.25) is 20.0 Å². The van der Waals surface area contributed by atoms with Gasteiger partial charge >= 0.3 is 0 Å². The molecule has 2 aromatic rings. The highest BCUT2D eigenvalue weighted by Crippen LogP contribution is 2.63. The number of morpholine rings is 2. The summed E-state index contributed by atoms with van der Waals surface area (Å²) in [5.41, 5.74) is 8.72. The predicted molar refractivity (Wildman–Crippen MR) is 239 cm³/mol. The van der Waals surface area contributed by atoms with E-state index in [1.54, 1.807) is 26.2 Å². The Bertz CT molecular complexity index is 2170. The van der Waals surface area contributed by atoms with Crippen LogP contribution in [0, 0.1) is 33.5 Å². The van der Waals surface area contributed by atoms with E-state index in [0.717, 1.165) is 18.8 Å². The number of sulfonamides is 2. The van der Waals surface area contributed by atoms with Gasteiger partial charge in [-0.05, 0) is 120 Å². The van der Waals surface area contributed by atoms with Crippen molar-refractivity contribution in [3.63, 3.8) is 0 Å². The van der Waals surface area contributed by atoms with Gasteiger partial charge in [-0.1, -0.05) is 41.5 Å². The minimum Gasteiger partial charge on any atom is -0.387 e. The molecular formula is C44H67ClN6O8S2. The molecule has 17 heteroatoms. The van der Waals surface area contributed by atoms with Gasteiger partial charge in [-0.3, -0.25) is 9.59 Å². The zero-order valence-corrected chi connectivity index (χ0v) is 39.5. The average molecular weight is 908 g/mol. The van der Waals surface area contributed by atoms with Gasteiger partial charge in [0.05, 0.1) is 37.8 Å². The van der Waals surface area contributed by atoms with E-state index in [4.69, 9.17) is 26.8 Å². The van der Waals surface area contributed by atoms with Crippen LogP contribution in [-0.2, 0) is 29.5 Å². The van der Waals surface area contributed by atoms with E-state index < -0.39 is 25.3 Å². The van der Waals surface area contributed by atoms with Gasteiger partial charge in [0.25, 0.3) is 11.1 Å². The maximum absolute atomic E-state index is 13.2. The van der Waals surface area contributed by atoms with Crippen molar-refractivity contribution in [2.75, 3.05) is 77.3 Å². The zero-order chi connectivity index (χ0) is 44.8. The highest BCUT2D eigenvalue weighted by Gasteiger charge is 2.60. The van der Waals surface area contributed by atoms with Gasteiger partial charge < -0.3 is 31.2 Å². The van der Waals surface area contributed by atoms with Crippen LogP contribution in [0.2, 0.25) is 0 Å². The second-order valence-electron chi connectivity index (χ2n) is 19.4. The van der Waals surface area contributed by atoms with Crippen LogP contribution < -0.4 is 21.7 Å². The third kappa shape index (κ3) is 9.25. The van der Waals surface area contributed by atoms with Crippen molar-refractivity contribution in [3.8, 4) is 0 Å². The third-order valence-corrected chi connectivity index (χ3v) is 19.2. The Morgan fingerprint density at radius 3 is 1.49 bits per heavy atom. The van der Waals surface area contributed by atoms with Crippen molar-refractivity contribution in [1.82, 2.24) is 13.9 Å². The molecule has 0 aromatic heterocycles. The summed E-state index contributed by atoms with van der Waals surface area (Å²) >= 11 is 5.42. The van der Waals surface area contributed by atoms with E-state index in [0.29, 0.717) is 92.3 Å². The molecular weight excluding hydrogens is 840 g/mol. The minimum absolute atomic E-state index is 0.0380. The first kappa shape index (κ1) is 47.6. The van der Waals surface area contributed by atoms with Crippen molar-refractivity contribution in [2.45, 2.75) is 102 Å². The molecule has 4 saturated carbocycles. The number of carbonyl (C=O) groups excluding carboxylic acids is 2. The second kappa shape index (κ2) is 18.0. The lowest BCUT2D eigenvalue weighted by atomic mass is 9.68. The van der Waals surface area contributed by atoms with Crippen molar-refractivity contribution < 1.29 is 35.9 Å². The highest BCUT2D eigenvalue weighted by molar-refractivity contribution is 7.89. The number of carbonyl (C=O) groups is 2. The molecule has 61 heavy (non-hydrogen) atoms. The second-order valence-corrected chi connectivity index (χ2v) is 23.6. The fourth-order valence-corrected chi connectivity index (χ4v) is 14.6. The number of benzene rings is 2. The van der Waals surface area contributed by atoms with Crippen molar-refractivity contribution in [1.29, 1.82) is 0 Å². The van der Waals surface area contributed by atoms with Crippen LogP contribution >= 0.6 is 11.6 Å². The Morgan fingerprint density at radius 1 is 0.689 bits per heavy atom. The summed E-state index contributed by atoms with van der Waals surface area (Å²) in [5.74, 6) is 1.32. The van der Waals surface area contributed by atoms with E-state index in [2.05, 4.69) is 57.5 Å². The molecule has 4 bridgehead atoms. The third-order valence-electron chi connectivity index (χ3n) is 15.1. The van der Waals surface area contributed by atoms with E-state index >= 15 is 0 Å². The zero-order valence-electron chi connectivity index (χ0n) is 37.1. The number of hydrogen-bond donors (Lipinski definition) is 4. The topological polar surface area (TPSA) is 189 Å². The Morgan fingerprint density at radius 2 is 1.11 bits per heavy atom. The van der Waals surface area contributed by atoms with Crippen LogP contribution in [0.5, 0.6) is 0 Å². The Hall–Kier alpha value is -2.83. The fourth-order valence-electron chi connectivity index (χ4n) is 11.2. The van der Waals surface area contributed by atoms with Crippen LogP contribution in [0.15, 0.2) is 46.2 Å². The summed E-state index contributed by atoms with van der Waals surface area (Å²) in [6.07, 6.45) is 7.64. The molecule has 2 saturated heterocycles. The lowest BCUT2D eigenvalue weighted by molar-refractivity contribution is 0.0729. The number of ether oxygens (including phenoxy) is 2. The maximum atomic E-state index is 13.2. The smallest absolute Gasteiger partial charge is 0.252 e. The first-order valence-corrected chi connectivity index (χ1v) is 24.8. The summed E-state index contributed by atoms with van der Waals surface area (Å²) in [4.78, 5) is 24.6. The number of hydrogen-bond acceptors (Lipinski definition) is 11. The summed E-state index contributed by atoms with van der Waals surface area (Å²) < 4.78 is 64.9. The predicted octanol–water partition coefficient (Wildman–Crippen LogP) is 5.98. The molecule has 0 radical (unpaired) electrons. The minimum atomic E-state index is -3.72. The monoisotopic (exact) mass is 906 g/mol. The molecule has 5 N–H and O–H groups in total. The number of anilines is 2. The number of fused-ring (bicyclic) bond motifs is 4. The van der Waals surface area contributed by atoms with Gasteiger partial charge in [0, 0.05) is 63.5 Å². The molecule has 2 heterocycles. The van der Waals surface area contributed by atoms with Crippen LogP contribution in [0.25, 0.3) is 0 Å². The van der Waals surface area contributed by atoms with Gasteiger partial charge in [-0.2, -0.15) is 8.61 Å². The van der Waals surface area contributed by atoms with Crippen LogP contribution in [0.4, 0.5) is 11.4 Å². The summed E-state index contributed by atoms with van der Waals surface area (Å²) in [7, 11) is -4.09. The molecule has 2 aliphatic heterocycles. The fraction of sp³-hybridized carbons (Fsp3) is 0.682. The van der Waals surface area contributed by atoms with Crippen molar-refractivity contribution in [3.05, 3.63) is 47.5 Å². The van der Waals surface area contributed by atoms with E-state index in [9.17, 15) is 26.4 Å². The first-order chi connectivity index (χ1) is 28.5. The van der Waals surface area contributed by atoms with Gasteiger partial charge in [0.15, 0.2) is 0 Å². The normalized spacial score (nSPS) is 30.4. The molecule has 6 fully saturated rings. The number of halogens is 1. The van der Waals surface area contributed by atoms with E-state index in [1.807, 2.05) is 0 Å². The SMILES string of the molecule is CC1(C)C(N)[C@@]2(C)CC[C@@H]1C2.CNc1ccc(C(=O)Cl)cc1S(=O)(=O)N1CCOCC1.CNc1ccc(C(=O)NC2C(C)(C)[C@@H]3CC[C@@]2(C)C3)cc1S(=O)(=O)N1CCOCC1. The Labute approximate surface area is 368 Å². The number of nitrogens with zero attached hydrogens (tertiary/aromatic N) is 2. The molecule has 1 amide bonds. The van der Waals surface area contributed by atoms with Gasteiger partial charge in [0.1, 0.15) is 9.79 Å². The molecule has 8 rings (SSSR count). The number of rotatable bonds is 9. The largest absolute Gasteiger partial charge is 0.387 e. The van der Waals surface area contributed by atoms with E-state index in [1.165, 1.54) is 58.6 Å². The lowest BCUT2D eigenvalue weighted by Crippen LogP contribution is -2.52. The number of nitrogens with two attached hydrogens (primary N) is 1. The van der Waals surface area contributed by atoms with Crippen LogP contribution in [0.3, 0.4) is 0 Å². The van der Waals surface area contributed by atoms with Gasteiger partial charge in [-0.25, -0.2) is 16.8 Å². The maximum Gasteiger partial charge on any atom is 0.252 e. The number of nitrogens with one attached hydrogen (secondary N) is 3. The van der Waals surface area contributed by atoms with Crippen molar-refractivity contribution >= 4 is 54.2 Å². The van der Waals surface area contributed by atoms with E-state index in [-0.39, 0.29) is 38.1 Å². The molecule has 2 aromatic carbocycles. The summed E-state index contributed by atoms with van der Waals surface area (Å²) in [5, 5.41) is 8.34. The van der Waals surface area contributed by atoms with Crippen LogP contribution in [0.1, 0.15) is 101 Å².